The van der Waals surface area contributed by atoms with Crippen LogP contribution in [-0.2, 0) is 17.6 Å². The number of benzene rings is 2. The van der Waals surface area contributed by atoms with Crippen LogP contribution < -0.4 is 4.74 Å². The number of ether oxygens (including phenoxy) is 1. The van der Waals surface area contributed by atoms with Crippen molar-refractivity contribution in [3.63, 3.8) is 0 Å². The van der Waals surface area contributed by atoms with E-state index in [1.54, 1.807) is 6.07 Å². The first-order chi connectivity index (χ1) is 14.5. The van der Waals surface area contributed by atoms with Crippen LogP contribution in [0, 0.1) is 23.2 Å². The fourth-order valence-corrected chi connectivity index (χ4v) is 4.31. The van der Waals surface area contributed by atoms with Gasteiger partial charge < -0.3 is 4.74 Å². The Kier molecular flexibility index (Phi) is 7.69. The van der Waals surface area contributed by atoms with E-state index in [0.29, 0.717) is 23.1 Å². The monoisotopic (exact) mass is 403 g/mol. The minimum atomic E-state index is -0.194. The number of carbonyl (C=O) groups excluding carboxylic acids is 1. The average molecular weight is 404 g/mol. The van der Waals surface area contributed by atoms with Gasteiger partial charge in [0.05, 0.1) is 11.5 Å². The lowest BCUT2D eigenvalue weighted by molar-refractivity contribution is -0.140. The molecule has 0 radical (unpaired) electrons. The summed E-state index contributed by atoms with van der Waals surface area (Å²) in [5.74, 6) is 1.21. The Balaban J connectivity index is 1.58. The normalized spacial score (nSPS) is 19.7. The van der Waals surface area contributed by atoms with Crippen molar-refractivity contribution in [1.29, 1.82) is 5.26 Å². The highest BCUT2D eigenvalue weighted by atomic mass is 16.5. The zero-order valence-electron chi connectivity index (χ0n) is 18.5. The summed E-state index contributed by atoms with van der Waals surface area (Å²) in [7, 11) is 0. The number of rotatable bonds is 7. The Labute approximate surface area is 181 Å². The maximum atomic E-state index is 12.7. The third-order valence-corrected chi connectivity index (χ3v) is 6.58. The molecule has 1 aliphatic carbocycles. The van der Waals surface area contributed by atoms with Crippen LogP contribution in [0.1, 0.15) is 81.0 Å². The smallest absolute Gasteiger partial charge is 0.314 e. The number of hydrogen-bond donors (Lipinski definition) is 0. The van der Waals surface area contributed by atoms with E-state index >= 15 is 0 Å². The van der Waals surface area contributed by atoms with Crippen molar-refractivity contribution in [2.24, 2.45) is 11.8 Å². The van der Waals surface area contributed by atoms with Gasteiger partial charge in [-0.25, -0.2) is 0 Å². The molecule has 1 atom stereocenters. The molecule has 2 aromatic rings. The molecule has 3 rings (SSSR count). The van der Waals surface area contributed by atoms with Crippen molar-refractivity contribution in [3.05, 3.63) is 64.7 Å². The van der Waals surface area contributed by atoms with Gasteiger partial charge in [-0.2, -0.15) is 5.26 Å². The first-order valence-electron chi connectivity index (χ1n) is 11.4. The van der Waals surface area contributed by atoms with E-state index in [9.17, 15) is 10.1 Å². The second kappa shape index (κ2) is 10.4. The van der Waals surface area contributed by atoms with Gasteiger partial charge in [-0.3, -0.25) is 4.79 Å². The predicted molar refractivity (Wildman–Crippen MR) is 120 cm³/mol. The van der Waals surface area contributed by atoms with E-state index in [1.807, 2.05) is 12.1 Å². The molecule has 3 nitrogen and oxygen atoms in total. The fraction of sp³-hybridized carbons (Fsp3) is 0.481. The minimum absolute atomic E-state index is 0.0810. The highest BCUT2D eigenvalue weighted by Crippen LogP contribution is 2.36. The molecule has 3 heteroatoms. The maximum absolute atomic E-state index is 12.7. The van der Waals surface area contributed by atoms with Gasteiger partial charge in [0.25, 0.3) is 0 Å². The van der Waals surface area contributed by atoms with Gasteiger partial charge >= 0.3 is 5.97 Å². The summed E-state index contributed by atoms with van der Waals surface area (Å²) in [6, 6.07) is 16.7. The summed E-state index contributed by atoms with van der Waals surface area (Å²) in [6.07, 6.45) is 6.78. The Bertz CT molecular complexity index is 886. The maximum Gasteiger partial charge on any atom is 0.314 e. The Morgan fingerprint density at radius 1 is 1.07 bits per heavy atom. The molecule has 30 heavy (non-hydrogen) atoms. The Morgan fingerprint density at radius 3 is 2.33 bits per heavy atom. The predicted octanol–water partition coefficient (Wildman–Crippen LogP) is 6.59. The standard InChI is InChI=1S/C27H33NO2/c1-4-19(3)16-21-8-15-26(25(17-21)18-28)30-27(29)24-13-11-23(12-14-24)22-9-6-20(5-2)7-10-22/h6-10,15,17,19,23-24H,4-5,11-14,16H2,1-3H3. The lowest BCUT2D eigenvalue weighted by atomic mass is 9.78. The number of hydrogen-bond acceptors (Lipinski definition) is 3. The third kappa shape index (κ3) is 5.51. The van der Waals surface area contributed by atoms with Crippen LogP contribution >= 0.6 is 0 Å². The summed E-state index contributed by atoms with van der Waals surface area (Å²) in [6.45, 7) is 6.54. The molecule has 1 fully saturated rings. The van der Waals surface area contributed by atoms with Gasteiger partial charge in [0.2, 0.25) is 0 Å². The fourth-order valence-electron chi connectivity index (χ4n) is 4.31. The van der Waals surface area contributed by atoms with Crippen molar-refractivity contribution >= 4 is 5.97 Å². The summed E-state index contributed by atoms with van der Waals surface area (Å²) in [5, 5.41) is 9.51. The van der Waals surface area contributed by atoms with E-state index in [2.05, 4.69) is 51.1 Å². The quantitative estimate of drug-likeness (QED) is 0.387. The van der Waals surface area contributed by atoms with E-state index in [-0.39, 0.29) is 11.9 Å². The third-order valence-electron chi connectivity index (χ3n) is 6.58. The minimum Gasteiger partial charge on any atom is -0.425 e. The van der Waals surface area contributed by atoms with Gasteiger partial charge in [-0.1, -0.05) is 57.5 Å². The van der Waals surface area contributed by atoms with E-state index in [4.69, 9.17) is 4.74 Å². The van der Waals surface area contributed by atoms with Crippen LogP contribution in [0.5, 0.6) is 5.75 Å². The molecule has 0 aliphatic heterocycles. The van der Waals surface area contributed by atoms with Crippen LogP contribution in [0.15, 0.2) is 42.5 Å². The van der Waals surface area contributed by atoms with Crippen molar-refractivity contribution in [2.45, 2.75) is 71.6 Å². The van der Waals surface area contributed by atoms with Crippen LogP contribution in [0.25, 0.3) is 0 Å². The molecule has 0 saturated heterocycles. The van der Waals surface area contributed by atoms with Gasteiger partial charge in [0.15, 0.2) is 0 Å². The first kappa shape index (κ1) is 22.1. The van der Waals surface area contributed by atoms with Gasteiger partial charge in [0, 0.05) is 0 Å². The van der Waals surface area contributed by atoms with Crippen molar-refractivity contribution < 1.29 is 9.53 Å². The number of esters is 1. The molecule has 1 aliphatic rings. The summed E-state index contributed by atoms with van der Waals surface area (Å²) in [4.78, 5) is 12.7. The molecule has 0 amide bonds. The highest BCUT2D eigenvalue weighted by Gasteiger charge is 2.29. The largest absolute Gasteiger partial charge is 0.425 e. The zero-order valence-corrected chi connectivity index (χ0v) is 18.5. The number of nitrogens with zero attached hydrogens (tertiary/aromatic N) is 1. The van der Waals surface area contributed by atoms with E-state index in [1.165, 1.54) is 11.1 Å². The van der Waals surface area contributed by atoms with Crippen molar-refractivity contribution in [3.8, 4) is 11.8 Å². The molecule has 1 unspecified atom stereocenters. The summed E-state index contributed by atoms with van der Waals surface area (Å²) >= 11 is 0. The van der Waals surface area contributed by atoms with Crippen LogP contribution in [0.3, 0.4) is 0 Å². The molecule has 2 aromatic carbocycles. The van der Waals surface area contributed by atoms with Gasteiger partial charge in [-0.05, 0) is 79.2 Å². The second-order valence-corrected chi connectivity index (χ2v) is 8.72. The SMILES string of the molecule is CCc1ccc(C2CCC(C(=O)Oc3ccc(CC(C)CC)cc3C#N)CC2)cc1. The van der Waals surface area contributed by atoms with E-state index in [0.717, 1.165) is 50.5 Å². The zero-order chi connectivity index (χ0) is 21.5. The lowest BCUT2D eigenvalue weighted by Crippen LogP contribution is -2.25. The van der Waals surface area contributed by atoms with Gasteiger partial charge in [0.1, 0.15) is 11.8 Å². The first-order valence-corrected chi connectivity index (χ1v) is 11.4. The topological polar surface area (TPSA) is 50.1 Å². The molecular weight excluding hydrogens is 370 g/mol. The second-order valence-electron chi connectivity index (χ2n) is 8.72. The van der Waals surface area contributed by atoms with Crippen LogP contribution in [-0.4, -0.2) is 5.97 Å². The molecule has 0 spiro atoms. The van der Waals surface area contributed by atoms with Crippen LogP contribution in [0.4, 0.5) is 0 Å². The molecule has 0 bridgehead atoms. The van der Waals surface area contributed by atoms with E-state index < -0.39 is 0 Å². The molecule has 0 N–H and O–H groups in total. The van der Waals surface area contributed by atoms with Gasteiger partial charge in [-0.15, -0.1) is 0 Å². The number of nitriles is 1. The Morgan fingerprint density at radius 2 is 1.73 bits per heavy atom. The molecule has 0 heterocycles. The summed E-state index contributed by atoms with van der Waals surface area (Å²) < 4.78 is 5.67. The molecule has 158 valence electrons. The molecule has 1 saturated carbocycles. The van der Waals surface area contributed by atoms with Crippen LogP contribution in [0.2, 0.25) is 0 Å². The molecular formula is C27H33NO2. The van der Waals surface area contributed by atoms with Crippen molar-refractivity contribution in [1.82, 2.24) is 0 Å². The Hall–Kier alpha value is -2.60. The number of aryl methyl sites for hydroxylation is 1. The average Bonchev–Trinajstić information content (AvgIpc) is 2.80. The van der Waals surface area contributed by atoms with Crippen molar-refractivity contribution in [2.75, 3.05) is 0 Å². The molecule has 0 aromatic heterocycles. The summed E-state index contributed by atoms with van der Waals surface area (Å²) in [5.41, 5.74) is 4.31. The number of carbonyl (C=O) groups is 1. The lowest BCUT2D eigenvalue weighted by Gasteiger charge is -2.27. The highest BCUT2D eigenvalue weighted by molar-refractivity contribution is 5.76.